The highest BCUT2D eigenvalue weighted by Gasteiger charge is 2.25. The van der Waals surface area contributed by atoms with Crippen molar-refractivity contribution < 1.29 is 4.79 Å². The molecule has 0 saturated heterocycles. The maximum Gasteiger partial charge on any atom is 0.317 e. The summed E-state index contributed by atoms with van der Waals surface area (Å²) in [6.45, 7) is 3.89. The summed E-state index contributed by atoms with van der Waals surface area (Å²) in [5.74, 6) is 0. The number of rotatable bonds is 0. The normalized spacial score (nSPS) is 31.3. The molecule has 1 aliphatic rings. The Balaban J connectivity index is 2.69. The summed E-state index contributed by atoms with van der Waals surface area (Å²) in [5, 5.41) is -0.370. The van der Waals surface area contributed by atoms with Crippen molar-refractivity contribution in [2.24, 2.45) is 0 Å². The summed E-state index contributed by atoms with van der Waals surface area (Å²) < 4.78 is 0. The third-order valence-electron chi connectivity index (χ3n) is 1.75. The molecule has 1 rings (SSSR count). The van der Waals surface area contributed by atoms with Crippen LogP contribution in [0, 0.1) is 0 Å². The van der Waals surface area contributed by atoms with Crippen LogP contribution in [0.15, 0.2) is 12.2 Å². The average molecular weight is 160 g/mol. The molecule has 2 atom stereocenters. The molecule has 0 aliphatic carbocycles. The molecule has 0 N–H and O–H groups in total. The van der Waals surface area contributed by atoms with Crippen molar-refractivity contribution >= 4 is 17.0 Å². The second kappa shape index (κ2) is 2.62. The molecule has 0 aromatic carbocycles. The Morgan fingerprint density at radius 1 is 1.40 bits per heavy atom. The van der Waals surface area contributed by atoms with Gasteiger partial charge in [0, 0.05) is 12.1 Å². The van der Waals surface area contributed by atoms with Gasteiger partial charge < -0.3 is 4.90 Å². The van der Waals surface area contributed by atoms with Gasteiger partial charge in [-0.05, 0) is 25.4 Å². The van der Waals surface area contributed by atoms with Gasteiger partial charge in [0.2, 0.25) is 0 Å². The van der Waals surface area contributed by atoms with Crippen LogP contribution in [0.2, 0.25) is 0 Å². The van der Waals surface area contributed by atoms with Crippen LogP contribution in [0.5, 0.6) is 0 Å². The highest BCUT2D eigenvalue weighted by atomic mass is 35.5. The third-order valence-corrected chi connectivity index (χ3v) is 1.94. The maximum atomic E-state index is 10.7. The van der Waals surface area contributed by atoms with Gasteiger partial charge in [0.15, 0.2) is 0 Å². The topological polar surface area (TPSA) is 20.3 Å². The van der Waals surface area contributed by atoms with Crippen LogP contribution in [0.4, 0.5) is 4.79 Å². The Bertz CT molecular complexity index is 166. The molecule has 0 bridgehead atoms. The Hall–Kier alpha value is -0.500. The molecule has 10 heavy (non-hydrogen) atoms. The minimum Gasteiger partial charge on any atom is -0.317 e. The number of amides is 1. The van der Waals surface area contributed by atoms with Crippen molar-refractivity contribution in [1.29, 1.82) is 0 Å². The quantitative estimate of drug-likeness (QED) is 0.301. The first-order valence-electron chi connectivity index (χ1n) is 3.29. The molecule has 0 saturated carbocycles. The number of hydrogen-bond donors (Lipinski definition) is 0. The van der Waals surface area contributed by atoms with E-state index in [4.69, 9.17) is 11.6 Å². The second-order valence-electron chi connectivity index (χ2n) is 2.53. The van der Waals surface area contributed by atoms with E-state index in [1.165, 1.54) is 0 Å². The van der Waals surface area contributed by atoms with E-state index in [0.29, 0.717) is 0 Å². The van der Waals surface area contributed by atoms with Crippen molar-refractivity contribution in [2.45, 2.75) is 25.9 Å². The lowest BCUT2D eigenvalue weighted by Gasteiger charge is -2.22. The highest BCUT2D eigenvalue weighted by molar-refractivity contribution is 6.62. The zero-order valence-corrected chi connectivity index (χ0v) is 6.80. The van der Waals surface area contributed by atoms with Crippen LogP contribution < -0.4 is 0 Å². The van der Waals surface area contributed by atoms with Crippen molar-refractivity contribution in [2.75, 3.05) is 0 Å². The van der Waals surface area contributed by atoms with Gasteiger partial charge in [-0.15, -0.1) is 0 Å². The lowest BCUT2D eigenvalue weighted by atomic mass is 10.3. The monoisotopic (exact) mass is 159 g/mol. The van der Waals surface area contributed by atoms with Gasteiger partial charge >= 0.3 is 5.37 Å². The number of halogens is 1. The summed E-state index contributed by atoms with van der Waals surface area (Å²) in [7, 11) is 0. The zero-order chi connectivity index (χ0) is 7.72. The molecular weight excluding hydrogens is 150 g/mol. The standard InChI is InChI=1S/C7H10ClNO/c1-5-3-4-6(2)9(5)7(8)10/h3-6H,1-2H3. The fraction of sp³-hybridized carbons (Fsp3) is 0.571. The Morgan fingerprint density at radius 2 is 1.80 bits per heavy atom. The first-order chi connectivity index (χ1) is 4.63. The van der Waals surface area contributed by atoms with E-state index in [9.17, 15) is 4.79 Å². The minimum absolute atomic E-state index is 0.153. The number of carbonyl (C=O) groups is 1. The molecule has 2 nitrogen and oxygen atoms in total. The molecule has 1 aliphatic heterocycles. The van der Waals surface area contributed by atoms with Gasteiger partial charge in [-0.1, -0.05) is 12.2 Å². The summed E-state index contributed by atoms with van der Waals surface area (Å²) in [5.41, 5.74) is 0. The van der Waals surface area contributed by atoms with E-state index < -0.39 is 0 Å². The van der Waals surface area contributed by atoms with E-state index in [-0.39, 0.29) is 17.5 Å². The molecule has 0 fully saturated rings. The molecule has 56 valence electrons. The van der Waals surface area contributed by atoms with Gasteiger partial charge in [-0.3, -0.25) is 4.79 Å². The highest BCUT2D eigenvalue weighted by Crippen LogP contribution is 2.17. The molecule has 2 unspecified atom stereocenters. The minimum atomic E-state index is -0.370. The average Bonchev–Trinajstić information content (AvgIpc) is 2.11. The van der Waals surface area contributed by atoms with Crippen LogP contribution in [0.1, 0.15) is 13.8 Å². The smallest absolute Gasteiger partial charge is 0.317 e. The molecule has 3 heteroatoms. The largest absolute Gasteiger partial charge is 0.317 e. The van der Waals surface area contributed by atoms with Crippen molar-refractivity contribution in [1.82, 2.24) is 4.90 Å². The number of nitrogens with zero attached hydrogens (tertiary/aromatic N) is 1. The van der Waals surface area contributed by atoms with Crippen LogP contribution in [0.25, 0.3) is 0 Å². The van der Waals surface area contributed by atoms with Gasteiger partial charge in [0.25, 0.3) is 0 Å². The van der Waals surface area contributed by atoms with Crippen LogP contribution in [-0.2, 0) is 0 Å². The summed E-state index contributed by atoms with van der Waals surface area (Å²) in [6, 6.07) is 0.306. The molecule has 0 radical (unpaired) electrons. The molecular formula is C7H10ClNO. The second-order valence-corrected chi connectivity index (χ2v) is 2.85. The zero-order valence-electron chi connectivity index (χ0n) is 6.04. The molecule has 0 spiro atoms. The lowest BCUT2D eigenvalue weighted by molar-refractivity contribution is 0.210. The number of carbonyl (C=O) groups excluding carboxylic acids is 1. The molecule has 0 aromatic rings. The Labute approximate surface area is 65.5 Å². The molecule has 0 aromatic heterocycles. The summed E-state index contributed by atoms with van der Waals surface area (Å²) >= 11 is 5.32. The predicted octanol–water partition coefficient (Wildman–Crippen LogP) is 1.99. The first kappa shape index (κ1) is 7.61. The predicted molar refractivity (Wildman–Crippen MR) is 41.2 cm³/mol. The van der Waals surface area contributed by atoms with E-state index in [1.54, 1.807) is 4.90 Å². The maximum absolute atomic E-state index is 10.7. The van der Waals surface area contributed by atoms with Gasteiger partial charge in [-0.25, -0.2) is 0 Å². The van der Waals surface area contributed by atoms with Gasteiger partial charge in [-0.2, -0.15) is 0 Å². The van der Waals surface area contributed by atoms with Crippen LogP contribution in [0.3, 0.4) is 0 Å². The van der Waals surface area contributed by atoms with Crippen LogP contribution in [-0.4, -0.2) is 22.3 Å². The first-order valence-corrected chi connectivity index (χ1v) is 3.67. The van der Waals surface area contributed by atoms with Gasteiger partial charge in [0.05, 0.1) is 0 Å². The van der Waals surface area contributed by atoms with Crippen molar-refractivity contribution in [3.63, 3.8) is 0 Å². The fourth-order valence-electron chi connectivity index (χ4n) is 1.20. The SMILES string of the molecule is CC1C=CC(C)N1C(=O)Cl. The summed E-state index contributed by atoms with van der Waals surface area (Å²) in [4.78, 5) is 12.3. The third kappa shape index (κ3) is 1.16. The van der Waals surface area contributed by atoms with Crippen LogP contribution >= 0.6 is 11.6 Å². The van der Waals surface area contributed by atoms with Crippen molar-refractivity contribution in [3.05, 3.63) is 12.2 Å². The van der Waals surface area contributed by atoms with E-state index in [2.05, 4.69) is 0 Å². The van der Waals surface area contributed by atoms with E-state index in [0.717, 1.165) is 0 Å². The molecule has 1 heterocycles. The van der Waals surface area contributed by atoms with Gasteiger partial charge in [0.1, 0.15) is 0 Å². The van der Waals surface area contributed by atoms with Crippen molar-refractivity contribution in [3.8, 4) is 0 Å². The Morgan fingerprint density at radius 3 is 2.00 bits per heavy atom. The number of hydrogen-bond acceptors (Lipinski definition) is 1. The summed E-state index contributed by atoms with van der Waals surface area (Å²) in [6.07, 6.45) is 3.95. The van der Waals surface area contributed by atoms with E-state index in [1.807, 2.05) is 26.0 Å². The Kier molecular flexibility index (Phi) is 2.00. The van der Waals surface area contributed by atoms with E-state index >= 15 is 0 Å². The fourth-order valence-corrected chi connectivity index (χ4v) is 1.51. The lowest BCUT2D eigenvalue weighted by Crippen LogP contribution is -2.35. The molecule has 1 amide bonds.